The first-order valence-corrected chi connectivity index (χ1v) is 3.81. The minimum atomic E-state index is -1.56. The van der Waals surface area contributed by atoms with E-state index in [0.29, 0.717) is 0 Å². The number of rotatable bonds is 1. The van der Waals surface area contributed by atoms with Crippen LogP contribution in [0.3, 0.4) is 0 Å². The molecule has 0 aromatic rings. The fourth-order valence-corrected chi connectivity index (χ4v) is 1.05. The summed E-state index contributed by atoms with van der Waals surface area (Å²) in [7, 11) is 0. The van der Waals surface area contributed by atoms with Gasteiger partial charge in [-0.3, -0.25) is 0 Å². The number of alkyl halides is 2. The standard InChI is InChI=1S/C7H6BrFO2/c8-7(9)3-1-5(2-4-7)6(10)11/h1-3H,4H2,(H,10,11). The lowest BCUT2D eigenvalue weighted by Gasteiger charge is -2.14. The van der Waals surface area contributed by atoms with Crippen molar-refractivity contribution in [3.63, 3.8) is 0 Å². The second-order valence-corrected chi connectivity index (χ2v) is 3.58. The zero-order chi connectivity index (χ0) is 8.48. The third-order valence-corrected chi connectivity index (χ3v) is 1.94. The monoisotopic (exact) mass is 220 g/mol. The summed E-state index contributed by atoms with van der Waals surface area (Å²) in [4.78, 5) is 10.3. The molecule has 0 aromatic carbocycles. The van der Waals surface area contributed by atoms with Gasteiger partial charge in [0.2, 0.25) is 0 Å². The van der Waals surface area contributed by atoms with Gasteiger partial charge in [-0.25, -0.2) is 9.18 Å². The van der Waals surface area contributed by atoms with E-state index in [1.54, 1.807) is 0 Å². The fourth-order valence-electron chi connectivity index (χ4n) is 0.752. The molecule has 1 rings (SSSR count). The average Bonchev–Trinajstić information content (AvgIpc) is 1.86. The zero-order valence-electron chi connectivity index (χ0n) is 5.55. The molecule has 4 heteroatoms. The summed E-state index contributed by atoms with van der Waals surface area (Å²) in [5.41, 5.74) is 0.137. The molecule has 2 nitrogen and oxygen atoms in total. The molecule has 1 aliphatic rings. The SMILES string of the molecule is O=C(O)C1=CCC(F)(Br)C=C1. The van der Waals surface area contributed by atoms with Crippen molar-refractivity contribution in [1.82, 2.24) is 0 Å². The van der Waals surface area contributed by atoms with Crippen LogP contribution in [0.4, 0.5) is 4.39 Å². The molecule has 0 amide bonds. The Labute approximate surface area is 71.5 Å². The van der Waals surface area contributed by atoms with Gasteiger partial charge < -0.3 is 5.11 Å². The third kappa shape index (κ3) is 2.15. The molecule has 1 N–H and O–H groups in total. The first kappa shape index (κ1) is 8.46. The molecule has 0 aromatic heterocycles. The van der Waals surface area contributed by atoms with Gasteiger partial charge in [-0.15, -0.1) is 0 Å². The minimum absolute atomic E-state index is 0.0606. The zero-order valence-corrected chi connectivity index (χ0v) is 7.14. The van der Waals surface area contributed by atoms with Gasteiger partial charge in [-0.2, -0.15) is 0 Å². The highest BCUT2D eigenvalue weighted by atomic mass is 79.9. The summed E-state index contributed by atoms with van der Waals surface area (Å²) in [5, 5.41) is 8.45. The Morgan fingerprint density at radius 2 is 2.45 bits per heavy atom. The molecule has 0 radical (unpaired) electrons. The van der Waals surface area contributed by atoms with E-state index in [4.69, 9.17) is 5.11 Å². The largest absolute Gasteiger partial charge is 0.478 e. The van der Waals surface area contributed by atoms with Crippen LogP contribution in [0.1, 0.15) is 6.42 Å². The highest BCUT2D eigenvalue weighted by molar-refractivity contribution is 9.10. The summed E-state index contributed by atoms with van der Waals surface area (Å²) in [6.07, 6.45) is 3.85. The Kier molecular flexibility index (Phi) is 2.13. The highest BCUT2D eigenvalue weighted by Crippen LogP contribution is 2.30. The van der Waals surface area contributed by atoms with Crippen molar-refractivity contribution in [1.29, 1.82) is 0 Å². The van der Waals surface area contributed by atoms with Gasteiger partial charge in [0.15, 0.2) is 4.58 Å². The number of hydrogen-bond donors (Lipinski definition) is 1. The predicted octanol–water partition coefficient (Wildman–Crippen LogP) is 2.02. The fraction of sp³-hybridized carbons (Fsp3) is 0.286. The van der Waals surface area contributed by atoms with Gasteiger partial charge in [0.05, 0.1) is 5.57 Å². The van der Waals surface area contributed by atoms with Crippen molar-refractivity contribution in [3.05, 3.63) is 23.8 Å². The van der Waals surface area contributed by atoms with Gasteiger partial charge in [0.25, 0.3) is 0 Å². The van der Waals surface area contributed by atoms with E-state index in [0.717, 1.165) is 0 Å². The molecule has 11 heavy (non-hydrogen) atoms. The number of carboxylic acids is 1. The maximum atomic E-state index is 12.9. The third-order valence-electron chi connectivity index (χ3n) is 1.35. The van der Waals surface area contributed by atoms with Crippen LogP contribution < -0.4 is 0 Å². The lowest BCUT2D eigenvalue weighted by atomic mass is 10.1. The van der Waals surface area contributed by atoms with Crippen molar-refractivity contribution in [2.75, 3.05) is 0 Å². The molecule has 1 atom stereocenters. The van der Waals surface area contributed by atoms with Crippen molar-refractivity contribution in [3.8, 4) is 0 Å². The van der Waals surface area contributed by atoms with Crippen LogP contribution in [0, 0.1) is 0 Å². The molecule has 0 spiro atoms. The normalized spacial score (nSPS) is 29.8. The number of carbonyl (C=O) groups is 1. The number of allylic oxidation sites excluding steroid dienone is 2. The van der Waals surface area contributed by atoms with Gasteiger partial charge in [0, 0.05) is 6.42 Å². The number of halogens is 2. The molecule has 0 bridgehead atoms. The van der Waals surface area contributed by atoms with E-state index in [-0.39, 0.29) is 12.0 Å². The number of hydrogen-bond acceptors (Lipinski definition) is 1. The summed E-state index contributed by atoms with van der Waals surface area (Å²) < 4.78 is 11.3. The lowest BCUT2D eigenvalue weighted by Crippen LogP contribution is -2.13. The maximum Gasteiger partial charge on any atom is 0.335 e. The van der Waals surface area contributed by atoms with Crippen LogP contribution in [0.15, 0.2) is 23.8 Å². The molecule has 60 valence electrons. The molecule has 1 aliphatic carbocycles. The Morgan fingerprint density at radius 3 is 2.82 bits per heavy atom. The van der Waals surface area contributed by atoms with Gasteiger partial charge in [0.1, 0.15) is 0 Å². The van der Waals surface area contributed by atoms with Gasteiger partial charge >= 0.3 is 5.97 Å². The molecule has 0 saturated carbocycles. The van der Waals surface area contributed by atoms with Crippen LogP contribution in [0.25, 0.3) is 0 Å². The predicted molar refractivity (Wildman–Crippen MR) is 42.2 cm³/mol. The van der Waals surface area contributed by atoms with Crippen molar-refractivity contribution < 1.29 is 14.3 Å². The number of aliphatic carboxylic acids is 1. The molecule has 1 unspecified atom stereocenters. The molecular formula is C7H6BrFO2. The van der Waals surface area contributed by atoms with Crippen LogP contribution in [-0.2, 0) is 4.79 Å². The van der Waals surface area contributed by atoms with Crippen LogP contribution in [0.2, 0.25) is 0 Å². The van der Waals surface area contributed by atoms with E-state index in [9.17, 15) is 9.18 Å². The summed E-state index contributed by atoms with van der Waals surface area (Å²) in [6.45, 7) is 0. The molecule has 0 saturated heterocycles. The summed E-state index contributed by atoms with van der Waals surface area (Å²) in [5.74, 6) is -1.02. The van der Waals surface area contributed by atoms with E-state index in [2.05, 4.69) is 15.9 Å². The minimum Gasteiger partial charge on any atom is -0.478 e. The lowest BCUT2D eigenvalue weighted by molar-refractivity contribution is -0.132. The molecule has 0 heterocycles. The Morgan fingerprint density at radius 1 is 1.82 bits per heavy atom. The topological polar surface area (TPSA) is 37.3 Å². The van der Waals surface area contributed by atoms with E-state index in [1.807, 2.05) is 0 Å². The Balaban J connectivity index is 2.75. The van der Waals surface area contributed by atoms with Crippen molar-refractivity contribution in [2.45, 2.75) is 11.0 Å². The average molecular weight is 221 g/mol. The van der Waals surface area contributed by atoms with E-state index < -0.39 is 10.5 Å². The Hall–Kier alpha value is -0.640. The maximum absolute atomic E-state index is 12.9. The van der Waals surface area contributed by atoms with Crippen LogP contribution in [-0.4, -0.2) is 15.7 Å². The molecule has 0 aliphatic heterocycles. The Bertz CT molecular complexity index is 243. The summed E-state index contributed by atoms with van der Waals surface area (Å²) >= 11 is 2.78. The van der Waals surface area contributed by atoms with Crippen molar-refractivity contribution in [2.24, 2.45) is 0 Å². The second-order valence-electron chi connectivity index (χ2n) is 2.26. The molecular weight excluding hydrogens is 215 g/mol. The van der Waals surface area contributed by atoms with Gasteiger partial charge in [-0.1, -0.05) is 6.08 Å². The van der Waals surface area contributed by atoms with Crippen LogP contribution >= 0.6 is 15.9 Å². The van der Waals surface area contributed by atoms with E-state index in [1.165, 1.54) is 18.2 Å². The first-order chi connectivity index (χ1) is 5.01. The number of carboxylic acid groups (broad SMARTS) is 1. The smallest absolute Gasteiger partial charge is 0.335 e. The summed E-state index contributed by atoms with van der Waals surface area (Å²) in [6, 6.07) is 0. The van der Waals surface area contributed by atoms with Crippen molar-refractivity contribution >= 4 is 21.9 Å². The first-order valence-electron chi connectivity index (χ1n) is 3.02. The quantitative estimate of drug-likeness (QED) is 0.687. The van der Waals surface area contributed by atoms with Crippen LogP contribution in [0.5, 0.6) is 0 Å². The van der Waals surface area contributed by atoms with E-state index >= 15 is 0 Å². The second kappa shape index (κ2) is 2.77. The van der Waals surface area contributed by atoms with Gasteiger partial charge in [-0.05, 0) is 28.1 Å². The molecule has 0 fully saturated rings. The highest BCUT2D eigenvalue weighted by Gasteiger charge is 2.24.